The van der Waals surface area contributed by atoms with Crippen LogP contribution in [0.3, 0.4) is 0 Å². The highest BCUT2D eigenvalue weighted by molar-refractivity contribution is 7.11. The van der Waals surface area contributed by atoms with E-state index < -0.39 is 5.82 Å². The van der Waals surface area contributed by atoms with Crippen molar-refractivity contribution in [3.63, 3.8) is 0 Å². The Bertz CT molecular complexity index is 645. The van der Waals surface area contributed by atoms with Crippen LogP contribution in [0.25, 0.3) is 0 Å². The molecular weight excluding hydrogens is 305 g/mol. The number of urea groups is 1. The van der Waals surface area contributed by atoms with Gasteiger partial charge in [0.25, 0.3) is 0 Å². The maximum Gasteiger partial charge on any atom is 0.315 e. The number of amides is 2. The molecule has 0 spiro atoms. The molecule has 0 unspecified atom stereocenters. The lowest BCUT2D eigenvalue weighted by Crippen LogP contribution is -2.36. The monoisotopic (exact) mass is 323 g/mol. The Morgan fingerprint density at radius 1 is 1.36 bits per heavy atom. The average Bonchev–Trinajstić information content (AvgIpc) is 2.90. The van der Waals surface area contributed by atoms with E-state index in [-0.39, 0.29) is 12.6 Å². The first-order chi connectivity index (χ1) is 10.6. The predicted octanol–water partition coefficient (Wildman–Crippen LogP) is 2.64. The summed E-state index contributed by atoms with van der Waals surface area (Å²) >= 11 is 1.62. The van der Waals surface area contributed by atoms with E-state index in [2.05, 4.69) is 15.6 Å². The number of halogens is 1. The summed E-state index contributed by atoms with van der Waals surface area (Å²) in [7, 11) is 1.47. The third kappa shape index (κ3) is 5.00. The average molecular weight is 323 g/mol. The molecule has 5 nitrogen and oxygen atoms in total. The van der Waals surface area contributed by atoms with Crippen molar-refractivity contribution in [3.05, 3.63) is 45.7 Å². The molecule has 22 heavy (non-hydrogen) atoms. The zero-order chi connectivity index (χ0) is 15.9. The molecule has 0 aliphatic rings. The molecule has 118 valence electrons. The Kier molecular flexibility index (Phi) is 5.71. The SMILES string of the molecule is COc1cc(F)cc(CNC(=O)NCCc2ncc(C)s2)c1. The van der Waals surface area contributed by atoms with Gasteiger partial charge in [0.15, 0.2) is 0 Å². The second-order valence-corrected chi connectivity index (χ2v) is 6.04. The topological polar surface area (TPSA) is 63.2 Å². The summed E-state index contributed by atoms with van der Waals surface area (Å²) in [6.45, 7) is 2.73. The Labute approximate surface area is 132 Å². The fraction of sp³-hybridized carbons (Fsp3) is 0.333. The van der Waals surface area contributed by atoms with E-state index in [1.54, 1.807) is 17.4 Å². The number of nitrogens with zero attached hydrogens (tertiary/aromatic N) is 1. The molecule has 1 heterocycles. The van der Waals surface area contributed by atoms with Crippen molar-refractivity contribution in [1.29, 1.82) is 0 Å². The van der Waals surface area contributed by atoms with Crippen LogP contribution >= 0.6 is 11.3 Å². The van der Waals surface area contributed by atoms with E-state index in [1.165, 1.54) is 19.2 Å². The van der Waals surface area contributed by atoms with Gasteiger partial charge in [-0.2, -0.15) is 0 Å². The van der Waals surface area contributed by atoms with Gasteiger partial charge >= 0.3 is 6.03 Å². The number of nitrogens with one attached hydrogen (secondary N) is 2. The molecule has 0 radical (unpaired) electrons. The molecule has 2 N–H and O–H groups in total. The van der Waals surface area contributed by atoms with Gasteiger partial charge < -0.3 is 15.4 Å². The molecule has 7 heteroatoms. The lowest BCUT2D eigenvalue weighted by Gasteiger charge is -2.08. The molecular formula is C15H18FN3O2S. The summed E-state index contributed by atoms with van der Waals surface area (Å²) in [4.78, 5) is 17.1. The van der Waals surface area contributed by atoms with Crippen LogP contribution < -0.4 is 15.4 Å². The molecule has 2 amide bonds. The summed E-state index contributed by atoms with van der Waals surface area (Å²) in [6.07, 6.45) is 2.51. The molecule has 0 saturated heterocycles. The Hall–Kier alpha value is -2.15. The van der Waals surface area contributed by atoms with Crippen LogP contribution in [-0.4, -0.2) is 24.7 Å². The smallest absolute Gasteiger partial charge is 0.315 e. The van der Waals surface area contributed by atoms with Gasteiger partial charge in [0.1, 0.15) is 11.6 Å². The molecule has 1 aromatic heterocycles. The van der Waals surface area contributed by atoms with Gasteiger partial charge in [0, 0.05) is 36.7 Å². The van der Waals surface area contributed by atoms with Crippen molar-refractivity contribution in [2.45, 2.75) is 19.9 Å². The minimum atomic E-state index is -0.393. The van der Waals surface area contributed by atoms with Gasteiger partial charge in [-0.3, -0.25) is 0 Å². The zero-order valence-electron chi connectivity index (χ0n) is 12.5. The maximum absolute atomic E-state index is 13.3. The second kappa shape index (κ2) is 7.74. The van der Waals surface area contributed by atoms with Crippen molar-refractivity contribution in [2.75, 3.05) is 13.7 Å². The molecule has 0 atom stereocenters. The first kappa shape index (κ1) is 16.2. The number of aromatic nitrogens is 1. The number of benzene rings is 1. The molecule has 0 bridgehead atoms. The van der Waals surface area contributed by atoms with E-state index in [0.717, 1.165) is 9.88 Å². The van der Waals surface area contributed by atoms with Gasteiger partial charge in [0.2, 0.25) is 0 Å². The third-order valence-electron chi connectivity index (χ3n) is 2.91. The number of methoxy groups -OCH3 is 1. The lowest BCUT2D eigenvalue weighted by atomic mass is 10.2. The normalized spacial score (nSPS) is 10.3. The maximum atomic E-state index is 13.3. The number of hydrogen-bond donors (Lipinski definition) is 2. The number of aryl methyl sites for hydroxylation is 1. The van der Waals surface area contributed by atoms with E-state index in [0.29, 0.717) is 24.3 Å². The van der Waals surface area contributed by atoms with Gasteiger partial charge in [-0.25, -0.2) is 14.2 Å². The molecule has 1 aromatic carbocycles. The van der Waals surface area contributed by atoms with Crippen molar-refractivity contribution in [1.82, 2.24) is 15.6 Å². The summed E-state index contributed by atoms with van der Waals surface area (Å²) in [6, 6.07) is 4.04. The summed E-state index contributed by atoms with van der Waals surface area (Å²) in [5.41, 5.74) is 0.641. The number of thiazole rings is 1. The summed E-state index contributed by atoms with van der Waals surface area (Å²) in [5, 5.41) is 6.42. The summed E-state index contributed by atoms with van der Waals surface area (Å²) < 4.78 is 18.3. The van der Waals surface area contributed by atoms with E-state index >= 15 is 0 Å². The van der Waals surface area contributed by atoms with Crippen LogP contribution in [0.15, 0.2) is 24.4 Å². The highest BCUT2D eigenvalue weighted by Gasteiger charge is 2.05. The molecule has 0 saturated carbocycles. The number of rotatable bonds is 6. The fourth-order valence-corrected chi connectivity index (χ4v) is 2.67. The minimum Gasteiger partial charge on any atom is -0.497 e. The van der Waals surface area contributed by atoms with Crippen LogP contribution in [0.5, 0.6) is 5.75 Å². The van der Waals surface area contributed by atoms with Crippen LogP contribution in [0.2, 0.25) is 0 Å². The van der Waals surface area contributed by atoms with E-state index in [4.69, 9.17) is 4.74 Å². The van der Waals surface area contributed by atoms with Gasteiger partial charge in [0.05, 0.1) is 12.1 Å². The Morgan fingerprint density at radius 3 is 2.86 bits per heavy atom. The zero-order valence-corrected chi connectivity index (χ0v) is 13.3. The second-order valence-electron chi connectivity index (χ2n) is 4.72. The number of carbonyl (C=O) groups is 1. The van der Waals surface area contributed by atoms with Crippen LogP contribution in [0.1, 0.15) is 15.4 Å². The molecule has 0 aliphatic heterocycles. The van der Waals surface area contributed by atoms with Crippen molar-refractivity contribution >= 4 is 17.4 Å². The van der Waals surface area contributed by atoms with E-state index in [1.807, 2.05) is 13.1 Å². The van der Waals surface area contributed by atoms with Crippen LogP contribution in [-0.2, 0) is 13.0 Å². The quantitative estimate of drug-likeness (QED) is 0.859. The molecule has 0 aliphatic carbocycles. The van der Waals surface area contributed by atoms with Gasteiger partial charge in [-0.15, -0.1) is 11.3 Å². The predicted molar refractivity (Wildman–Crippen MR) is 83.7 cm³/mol. The van der Waals surface area contributed by atoms with Crippen LogP contribution in [0.4, 0.5) is 9.18 Å². The Balaban J connectivity index is 1.74. The molecule has 2 aromatic rings. The van der Waals surface area contributed by atoms with Gasteiger partial charge in [-0.1, -0.05) is 0 Å². The van der Waals surface area contributed by atoms with Crippen molar-refractivity contribution in [3.8, 4) is 5.75 Å². The highest BCUT2D eigenvalue weighted by atomic mass is 32.1. The van der Waals surface area contributed by atoms with Gasteiger partial charge in [-0.05, 0) is 24.6 Å². The number of carbonyl (C=O) groups excluding carboxylic acids is 1. The standard InChI is InChI=1S/C15H18FN3O2S/c1-10-8-18-14(22-10)3-4-17-15(20)19-9-11-5-12(16)7-13(6-11)21-2/h5-8H,3-4,9H2,1-2H3,(H2,17,19,20). The largest absolute Gasteiger partial charge is 0.497 e. The number of hydrogen-bond acceptors (Lipinski definition) is 4. The third-order valence-corrected chi connectivity index (χ3v) is 3.89. The fourth-order valence-electron chi connectivity index (χ4n) is 1.89. The first-order valence-electron chi connectivity index (χ1n) is 6.83. The van der Waals surface area contributed by atoms with Crippen molar-refractivity contribution in [2.24, 2.45) is 0 Å². The first-order valence-corrected chi connectivity index (χ1v) is 7.65. The summed E-state index contributed by atoms with van der Waals surface area (Å²) in [5.74, 6) is 0.0343. The van der Waals surface area contributed by atoms with Crippen molar-refractivity contribution < 1.29 is 13.9 Å². The molecule has 0 fully saturated rings. The van der Waals surface area contributed by atoms with Crippen LogP contribution in [0, 0.1) is 12.7 Å². The Morgan fingerprint density at radius 2 is 2.18 bits per heavy atom. The lowest BCUT2D eigenvalue weighted by molar-refractivity contribution is 0.240. The molecule has 2 rings (SSSR count). The number of ether oxygens (including phenoxy) is 1. The van der Waals surface area contributed by atoms with E-state index in [9.17, 15) is 9.18 Å². The minimum absolute atomic E-state index is 0.232. The highest BCUT2D eigenvalue weighted by Crippen LogP contribution is 2.15.